The summed E-state index contributed by atoms with van der Waals surface area (Å²) in [6.07, 6.45) is -5.05. The maximum Gasteiger partial charge on any atom is 0.416 e. The molecule has 1 unspecified atom stereocenters. The van der Waals surface area contributed by atoms with Crippen LogP contribution >= 0.6 is 0 Å². The average molecular weight is 263 g/mol. The van der Waals surface area contributed by atoms with Crippen molar-refractivity contribution in [3.63, 3.8) is 0 Å². The first kappa shape index (κ1) is 14.9. The molecule has 0 aliphatic heterocycles. The van der Waals surface area contributed by atoms with E-state index in [-0.39, 0.29) is 0 Å². The Morgan fingerprint density at radius 2 is 1.72 bits per heavy atom. The largest absolute Gasteiger partial charge is 0.416 e. The van der Waals surface area contributed by atoms with Crippen molar-refractivity contribution in [1.82, 2.24) is 0 Å². The van der Waals surface area contributed by atoms with E-state index in [1.807, 2.05) is 0 Å². The number of aryl methyl sites for hydroxylation is 1. The van der Waals surface area contributed by atoms with Gasteiger partial charge in [-0.25, -0.2) is 0 Å². The molecule has 102 valence electrons. The normalized spacial score (nSPS) is 14.0. The summed E-state index contributed by atoms with van der Waals surface area (Å²) in [5.41, 5.74) is 6.22. The Balaban J connectivity index is 3.06. The molecule has 0 aromatic heterocycles. The first-order valence-electron chi connectivity index (χ1n) is 5.30. The fraction of sp³-hybridized carbons (Fsp3) is 0.500. The lowest BCUT2D eigenvalue weighted by Gasteiger charge is -2.23. The molecule has 0 aliphatic carbocycles. The van der Waals surface area contributed by atoms with Crippen LogP contribution in [0.25, 0.3) is 0 Å². The number of halogens is 3. The molecule has 1 aromatic rings. The number of methoxy groups -OCH3 is 2. The summed E-state index contributed by atoms with van der Waals surface area (Å²) >= 11 is 0. The summed E-state index contributed by atoms with van der Waals surface area (Å²) < 4.78 is 47.5. The fourth-order valence-corrected chi connectivity index (χ4v) is 1.76. The molecule has 0 spiro atoms. The highest BCUT2D eigenvalue weighted by Gasteiger charge is 2.31. The molecule has 2 N–H and O–H groups in total. The molecule has 0 radical (unpaired) electrons. The van der Waals surface area contributed by atoms with Gasteiger partial charge in [0.2, 0.25) is 0 Å². The summed E-state index contributed by atoms with van der Waals surface area (Å²) in [7, 11) is 2.85. The van der Waals surface area contributed by atoms with Crippen molar-refractivity contribution in [2.24, 2.45) is 5.73 Å². The van der Waals surface area contributed by atoms with Crippen molar-refractivity contribution >= 4 is 0 Å². The molecule has 3 nitrogen and oxygen atoms in total. The highest BCUT2D eigenvalue weighted by Crippen LogP contribution is 2.32. The van der Waals surface area contributed by atoms with Crippen LogP contribution in [0.5, 0.6) is 0 Å². The van der Waals surface area contributed by atoms with Gasteiger partial charge in [-0.05, 0) is 30.2 Å². The van der Waals surface area contributed by atoms with E-state index in [0.29, 0.717) is 11.1 Å². The van der Waals surface area contributed by atoms with Crippen molar-refractivity contribution in [2.75, 3.05) is 14.2 Å². The minimum absolute atomic E-state index is 0.455. The Bertz CT molecular complexity index is 403. The molecule has 6 heteroatoms. The molecule has 1 rings (SSSR count). The van der Waals surface area contributed by atoms with Crippen LogP contribution in [0, 0.1) is 6.92 Å². The summed E-state index contributed by atoms with van der Waals surface area (Å²) in [5, 5.41) is 0. The van der Waals surface area contributed by atoms with Crippen LogP contribution in [0.2, 0.25) is 0 Å². The molecule has 0 amide bonds. The second-order valence-electron chi connectivity index (χ2n) is 3.93. The van der Waals surface area contributed by atoms with E-state index >= 15 is 0 Å². The summed E-state index contributed by atoms with van der Waals surface area (Å²) in [6.45, 7) is 1.58. The average Bonchev–Trinajstić information content (AvgIpc) is 2.29. The van der Waals surface area contributed by atoms with Crippen molar-refractivity contribution < 1.29 is 22.6 Å². The summed E-state index contributed by atoms with van der Waals surface area (Å²) in [4.78, 5) is 0. The SMILES string of the molecule is COC(OC)C(N)c1ccc(C(F)(F)F)cc1C. The number of ether oxygens (including phenoxy) is 2. The van der Waals surface area contributed by atoms with Crippen LogP contribution in [0.4, 0.5) is 13.2 Å². The molecule has 0 heterocycles. The molecule has 0 bridgehead atoms. The lowest BCUT2D eigenvalue weighted by atomic mass is 9.99. The standard InChI is InChI=1S/C12H16F3NO2/c1-7-6-8(12(13,14)15)4-5-9(7)10(16)11(17-2)18-3/h4-6,10-11H,16H2,1-3H3. The van der Waals surface area contributed by atoms with Crippen LogP contribution in [0.3, 0.4) is 0 Å². The van der Waals surface area contributed by atoms with E-state index in [4.69, 9.17) is 15.2 Å². The third-order valence-electron chi connectivity index (χ3n) is 2.71. The van der Waals surface area contributed by atoms with E-state index in [1.165, 1.54) is 20.3 Å². The zero-order chi connectivity index (χ0) is 13.9. The maximum absolute atomic E-state index is 12.5. The van der Waals surface area contributed by atoms with Gasteiger partial charge in [-0.1, -0.05) is 6.07 Å². The van der Waals surface area contributed by atoms with Crippen LogP contribution in [0.1, 0.15) is 22.7 Å². The second-order valence-corrected chi connectivity index (χ2v) is 3.93. The summed E-state index contributed by atoms with van der Waals surface area (Å²) in [6, 6.07) is 2.79. The van der Waals surface area contributed by atoms with Crippen LogP contribution in [-0.2, 0) is 15.7 Å². The molecule has 0 fully saturated rings. The van der Waals surface area contributed by atoms with Crippen LogP contribution in [-0.4, -0.2) is 20.5 Å². The van der Waals surface area contributed by atoms with Gasteiger partial charge in [-0.15, -0.1) is 0 Å². The molecule has 1 aromatic carbocycles. The number of benzene rings is 1. The van der Waals surface area contributed by atoms with E-state index in [9.17, 15) is 13.2 Å². The Morgan fingerprint density at radius 3 is 2.11 bits per heavy atom. The van der Waals surface area contributed by atoms with Gasteiger partial charge >= 0.3 is 6.18 Å². The Kier molecular flexibility index (Phi) is 4.72. The molecule has 0 saturated carbocycles. The molecule has 18 heavy (non-hydrogen) atoms. The van der Waals surface area contributed by atoms with E-state index in [0.717, 1.165) is 12.1 Å². The molecule has 1 atom stereocenters. The van der Waals surface area contributed by atoms with Gasteiger partial charge in [-0.3, -0.25) is 0 Å². The Hall–Kier alpha value is -1.11. The minimum atomic E-state index is -4.35. The third-order valence-corrected chi connectivity index (χ3v) is 2.71. The number of rotatable bonds is 4. The van der Waals surface area contributed by atoms with Gasteiger partial charge in [-0.2, -0.15) is 13.2 Å². The first-order valence-corrected chi connectivity index (χ1v) is 5.30. The minimum Gasteiger partial charge on any atom is -0.354 e. The number of hydrogen-bond acceptors (Lipinski definition) is 3. The zero-order valence-corrected chi connectivity index (χ0v) is 10.4. The van der Waals surface area contributed by atoms with Gasteiger partial charge < -0.3 is 15.2 Å². The molecule has 0 saturated heterocycles. The fourth-order valence-electron chi connectivity index (χ4n) is 1.76. The topological polar surface area (TPSA) is 44.5 Å². The monoisotopic (exact) mass is 263 g/mol. The number of hydrogen-bond donors (Lipinski definition) is 1. The predicted molar refractivity (Wildman–Crippen MR) is 60.9 cm³/mol. The van der Waals surface area contributed by atoms with E-state index in [1.54, 1.807) is 6.92 Å². The third kappa shape index (κ3) is 3.22. The Labute approximate surface area is 104 Å². The van der Waals surface area contributed by atoms with Crippen molar-refractivity contribution in [3.05, 3.63) is 34.9 Å². The quantitative estimate of drug-likeness (QED) is 0.849. The van der Waals surface area contributed by atoms with Crippen molar-refractivity contribution in [1.29, 1.82) is 0 Å². The highest BCUT2D eigenvalue weighted by atomic mass is 19.4. The maximum atomic E-state index is 12.5. The number of nitrogens with two attached hydrogens (primary N) is 1. The van der Waals surface area contributed by atoms with E-state index in [2.05, 4.69) is 0 Å². The zero-order valence-electron chi connectivity index (χ0n) is 10.4. The van der Waals surface area contributed by atoms with Crippen molar-refractivity contribution in [3.8, 4) is 0 Å². The van der Waals surface area contributed by atoms with Gasteiger partial charge in [0.15, 0.2) is 6.29 Å². The van der Waals surface area contributed by atoms with Crippen molar-refractivity contribution in [2.45, 2.75) is 25.4 Å². The van der Waals surface area contributed by atoms with Gasteiger partial charge in [0.05, 0.1) is 11.6 Å². The lowest BCUT2D eigenvalue weighted by Crippen LogP contribution is -2.30. The molecular weight excluding hydrogens is 247 g/mol. The Morgan fingerprint density at radius 1 is 1.17 bits per heavy atom. The number of alkyl halides is 3. The first-order chi connectivity index (χ1) is 8.31. The summed E-state index contributed by atoms with van der Waals surface area (Å²) in [5.74, 6) is 0. The predicted octanol–water partition coefficient (Wildman–Crippen LogP) is 2.63. The van der Waals surface area contributed by atoms with E-state index < -0.39 is 24.1 Å². The lowest BCUT2D eigenvalue weighted by molar-refractivity contribution is -0.137. The van der Waals surface area contributed by atoms with Gasteiger partial charge in [0.25, 0.3) is 0 Å². The molecular formula is C12H16F3NO2. The smallest absolute Gasteiger partial charge is 0.354 e. The van der Waals surface area contributed by atoms with Crippen LogP contribution in [0.15, 0.2) is 18.2 Å². The van der Waals surface area contributed by atoms with Gasteiger partial charge in [0, 0.05) is 14.2 Å². The van der Waals surface area contributed by atoms with Crippen LogP contribution < -0.4 is 5.73 Å². The molecule has 0 aliphatic rings. The van der Waals surface area contributed by atoms with Gasteiger partial charge in [0.1, 0.15) is 0 Å². The second kappa shape index (κ2) is 5.69. The highest BCUT2D eigenvalue weighted by molar-refractivity contribution is 5.34.